The van der Waals surface area contributed by atoms with Gasteiger partial charge in [0.15, 0.2) is 11.6 Å². The highest BCUT2D eigenvalue weighted by molar-refractivity contribution is 6.28. The second kappa shape index (κ2) is 5.65. The highest BCUT2D eigenvalue weighted by Gasteiger charge is 2.18. The lowest BCUT2D eigenvalue weighted by Crippen LogP contribution is -2.21. The van der Waals surface area contributed by atoms with Gasteiger partial charge in [-0.1, -0.05) is 13.0 Å². The van der Waals surface area contributed by atoms with Crippen LogP contribution < -0.4 is 4.90 Å². The van der Waals surface area contributed by atoms with Crippen molar-refractivity contribution in [1.82, 2.24) is 20.2 Å². The quantitative estimate of drug-likeness (QED) is 0.747. The zero-order valence-corrected chi connectivity index (χ0v) is 12.1. The molecular weight excluding hydrogens is 293 g/mol. The van der Waals surface area contributed by atoms with Crippen molar-refractivity contribution < 1.29 is 4.39 Å². The smallest absolute Gasteiger partial charge is 0.224 e. The first-order chi connectivity index (χ1) is 10.2. The minimum atomic E-state index is -0.506. The van der Waals surface area contributed by atoms with Crippen molar-refractivity contribution in [3.63, 3.8) is 0 Å². The molecule has 0 radical (unpaired) electrons. The summed E-state index contributed by atoms with van der Waals surface area (Å²) in [4.78, 5) is 9.49. The fourth-order valence-corrected chi connectivity index (χ4v) is 2.41. The number of aromatic nitrogens is 4. The third-order valence-corrected chi connectivity index (χ3v) is 3.33. The molecule has 0 fully saturated rings. The van der Waals surface area contributed by atoms with Crippen LogP contribution in [-0.2, 0) is 0 Å². The van der Waals surface area contributed by atoms with Gasteiger partial charge in [-0.25, -0.2) is 9.37 Å². The molecule has 3 aromatic rings. The number of rotatable bonds is 4. The molecule has 0 saturated carbocycles. The molecule has 2 aromatic heterocycles. The molecule has 0 bridgehead atoms. The minimum absolute atomic E-state index is 0.0203. The van der Waals surface area contributed by atoms with E-state index in [0.29, 0.717) is 6.54 Å². The van der Waals surface area contributed by atoms with E-state index in [1.165, 1.54) is 0 Å². The standard InChI is InChI=1S/C14H13ClFN5/c1-2-6-21(13-10(16)8-17-14(15)19-13)12-5-3-4-11-9(12)7-18-20-11/h3-5,7-8H,2,6H2,1H3,(H,18,20). The molecule has 0 unspecified atom stereocenters. The van der Waals surface area contributed by atoms with E-state index in [0.717, 1.165) is 29.2 Å². The first kappa shape index (κ1) is 13.8. The molecule has 2 heterocycles. The molecule has 0 aliphatic rings. The van der Waals surface area contributed by atoms with Gasteiger partial charge < -0.3 is 4.90 Å². The van der Waals surface area contributed by atoms with Crippen molar-refractivity contribution in [2.45, 2.75) is 13.3 Å². The van der Waals surface area contributed by atoms with E-state index in [1.807, 2.05) is 25.1 Å². The molecule has 0 amide bonds. The molecule has 7 heteroatoms. The third kappa shape index (κ3) is 2.54. The van der Waals surface area contributed by atoms with Crippen LogP contribution in [0.3, 0.4) is 0 Å². The number of H-pyrrole nitrogens is 1. The van der Waals surface area contributed by atoms with E-state index >= 15 is 0 Å². The molecule has 0 spiro atoms. The minimum Gasteiger partial charge on any atom is -0.323 e. The van der Waals surface area contributed by atoms with Gasteiger partial charge in [0.05, 0.1) is 23.6 Å². The molecule has 108 valence electrons. The molecular formula is C14H13ClFN5. The lowest BCUT2D eigenvalue weighted by Gasteiger charge is -2.24. The van der Waals surface area contributed by atoms with Gasteiger partial charge in [0.1, 0.15) is 0 Å². The summed E-state index contributed by atoms with van der Waals surface area (Å²) in [5.41, 5.74) is 1.71. The zero-order chi connectivity index (χ0) is 14.8. The van der Waals surface area contributed by atoms with Crippen LogP contribution in [0.2, 0.25) is 5.28 Å². The Kier molecular flexibility index (Phi) is 3.70. The van der Waals surface area contributed by atoms with Gasteiger partial charge in [0, 0.05) is 11.9 Å². The van der Waals surface area contributed by atoms with E-state index in [1.54, 1.807) is 11.1 Å². The Morgan fingerprint density at radius 2 is 2.19 bits per heavy atom. The number of halogens is 2. The zero-order valence-electron chi connectivity index (χ0n) is 11.3. The predicted octanol–water partition coefficient (Wildman–Crippen LogP) is 3.69. The molecule has 1 aromatic carbocycles. The largest absolute Gasteiger partial charge is 0.323 e. The molecule has 0 saturated heterocycles. The topological polar surface area (TPSA) is 57.7 Å². The molecule has 3 rings (SSSR count). The number of nitrogens with zero attached hydrogens (tertiary/aromatic N) is 4. The number of fused-ring (bicyclic) bond motifs is 1. The van der Waals surface area contributed by atoms with Crippen LogP contribution in [0.5, 0.6) is 0 Å². The van der Waals surface area contributed by atoms with Crippen LogP contribution in [0.25, 0.3) is 10.9 Å². The van der Waals surface area contributed by atoms with E-state index in [4.69, 9.17) is 11.6 Å². The van der Waals surface area contributed by atoms with Crippen LogP contribution >= 0.6 is 11.6 Å². The number of benzene rings is 1. The summed E-state index contributed by atoms with van der Waals surface area (Å²) in [6.45, 7) is 2.62. The Morgan fingerprint density at radius 3 is 3.00 bits per heavy atom. The van der Waals surface area contributed by atoms with E-state index in [2.05, 4.69) is 20.2 Å². The van der Waals surface area contributed by atoms with Crippen molar-refractivity contribution in [3.8, 4) is 0 Å². The van der Waals surface area contributed by atoms with Gasteiger partial charge in [-0.05, 0) is 30.2 Å². The molecule has 0 aliphatic carbocycles. The average Bonchev–Trinajstić information content (AvgIpc) is 2.96. The van der Waals surface area contributed by atoms with Crippen LogP contribution in [0, 0.1) is 5.82 Å². The second-order valence-corrected chi connectivity index (χ2v) is 4.91. The number of nitrogens with one attached hydrogen (secondary N) is 1. The number of hydrogen-bond acceptors (Lipinski definition) is 4. The van der Waals surface area contributed by atoms with E-state index in [9.17, 15) is 4.39 Å². The lowest BCUT2D eigenvalue weighted by molar-refractivity contribution is 0.609. The highest BCUT2D eigenvalue weighted by atomic mass is 35.5. The van der Waals surface area contributed by atoms with Crippen LogP contribution in [0.15, 0.2) is 30.6 Å². The SMILES string of the molecule is CCCN(c1nc(Cl)ncc1F)c1cccc2[nH]ncc12. The molecule has 21 heavy (non-hydrogen) atoms. The number of aromatic amines is 1. The summed E-state index contributed by atoms with van der Waals surface area (Å²) < 4.78 is 14.1. The van der Waals surface area contributed by atoms with Crippen LogP contribution in [0.4, 0.5) is 15.9 Å². The molecule has 0 aliphatic heterocycles. The summed E-state index contributed by atoms with van der Waals surface area (Å²) in [6, 6.07) is 5.71. The van der Waals surface area contributed by atoms with Gasteiger partial charge in [-0.2, -0.15) is 10.1 Å². The first-order valence-electron chi connectivity index (χ1n) is 6.58. The van der Waals surface area contributed by atoms with E-state index < -0.39 is 5.82 Å². The van der Waals surface area contributed by atoms with Crippen molar-refractivity contribution in [3.05, 3.63) is 41.7 Å². The second-order valence-electron chi connectivity index (χ2n) is 4.57. The maximum atomic E-state index is 14.1. The maximum absolute atomic E-state index is 14.1. The number of hydrogen-bond donors (Lipinski definition) is 1. The first-order valence-corrected chi connectivity index (χ1v) is 6.96. The van der Waals surface area contributed by atoms with E-state index in [-0.39, 0.29) is 11.1 Å². The fourth-order valence-electron chi connectivity index (χ4n) is 2.28. The Labute approximate surface area is 125 Å². The van der Waals surface area contributed by atoms with Crippen molar-refractivity contribution >= 4 is 34.0 Å². The molecule has 1 N–H and O–H groups in total. The van der Waals surface area contributed by atoms with Gasteiger partial charge in [-0.15, -0.1) is 0 Å². The highest BCUT2D eigenvalue weighted by Crippen LogP contribution is 2.32. The van der Waals surface area contributed by atoms with Gasteiger partial charge >= 0.3 is 0 Å². The normalized spacial score (nSPS) is 11.0. The van der Waals surface area contributed by atoms with Crippen molar-refractivity contribution in [2.75, 3.05) is 11.4 Å². The summed E-state index contributed by atoms with van der Waals surface area (Å²) in [5, 5.41) is 7.86. The monoisotopic (exact) mass is 305 g/mol. The van der Waals surface area contributed by atoms with Crippen LogP contribution in [0.1, 0.15) is 13.3 Å². The van der Waals surface area contributed by atoms with Gasteiger partial charge in [-0.3, -0.25) is 5.10 Å². The predicted molar refractivity (Wildman–Crippen MR) is 80.4 cm³/mol. The number of anilines is 2. The van der Waals surface area contributed by atoms with Gasteiger partial charge in [0.25, 0.3) is 0 Å². The molecule has 5 nitrogen and oxygen atoms in total. The van der Waals surface area contributed by atoms with Crippen molar-refractivity contribution in [2.24, 2.45) is 0 Å². The summed E-state index contributed by atoms with van der Waals surface area (Å²) in [5.74, 6) is -0.334. The van der Waals surface area contributed by atoms with Gasteiger partial charge in [0.2, 0.25) is 5.28 Å². The summed E-state index contributed by atoms with van der Waals surface area (Å²) in [7, 11) is 0. The molecule has 0 atom stereocenters. The Balaban J connectivity index is 2.18. The average molecular weight is 306 g/mol. The summed E-state index contributed by atoms with van der Waals surface area (Å²) in [6.07, 6.45) is 3.63. The maximum Gasteiger partial charge on any atom is 0.224 e. The Morgan fingerprint density at radius 1 is 1.33 bits per heavy atom. The lowest BCUT2D eigenvalue weighted by atomic mass is 10.2. The Hall–Kier alpha value is -2.21. The summed E-state index contributed by atoms with van der Waals surface area (Å²) >= 11 is 5.81. The third-order valence-electron chi connectivity index (χ3n) is 3.15. The fraction of sp³-hybridized carbons (Fsp3) is 0.214. The van der Waals surface area contributed by atoms with Crippen LogP contribution in [-0.4, -0.2) is 26.7 Å². The Bertz CT molecular complexity index is 773. The van der Waals surface area contributed by atoms with Crippen molar-refractivity contribution in [1.29, 1.82) is 0 Å².